The predicted octanol–water partition coefficient (Wildman–Crippen LogP) is 2.52. The van der Waals surface area contributed by atoms with Gasteiger partial charge in [0.1, 0.15) is 12.3 Å². The van der Waals surface area contributed by atoms with Gasteiger partial charge in [-0.2, -0.15) is 0 Å². The highest BCUT2D eigenvalue weighted by atomic mass is 31.2. The van der Waals surface area contributed by atoms with Gasteiger partial charge in [-0.1, -0.05) is 6.58 Å². The predicted molar refractivity (Wildman–Crippen MR) is 75.9 cm³/mol. The summed E-state index contributed by atoms with van der Waals surface area (Å²) in [4.78, 5) is 13.1. The third kappa shape index (κ3) is 3.16. The number of hydrogen-bond acceptors (Lipinski definition) is 5. The van der Waals surface area contributed by atoms with Crippen LogP contribution < -0.4 is 5.32 Å². The largest absolute Gasteiger partial charge is 0.349 e. The van der Waals surface area contributed by atoms with Gasteiger partial charge in [0.2, 0.25) is 0 Å². The van der Waals surface area contributed by atoms with E-state index in [1.54, 1.807) is 0 Å². The highest BCUT2D eigenvalue weighted by molar-refractivity contribution is 7.41. The highest BCUT2D eigenvalue weighted by Gasteiger charge is 2.46. The second kappa shape index (κ2) is 6.22. The van der Waals surface area contributed by atoms with E-state index >= 15 is 0 Å². The van der Waals surface area contributed by atoms with Crippen LogP contribution in [0.3, 0.4) is 0 Å². The summed E-state index contributed by atoms with van der Waals surface area (Å²) < 4.78 is 36.1. The molecule has 3 heterocycles. The number of carbonyl (C=O) groups is 1. The van der Waals surface area contributed by atoms with Crippen LogP contribution in [0.2, 0.25) is 0 Å². The van der Waals surface area contributed by atoms with Gasteiger partial charge in [-0.3, -0.25) is 4.90 Å². The van der Waals surface area contributed by atoms with Crippen LogP contribution in [0.1, 0.15) is 20.3 Å². The minimum atomic E-state index is -1.41. The van der Waals surface area contributed by atoms with Crippen LogP contribution in [0.15, 0.2) is 24.3 Å². The molecule has 2 saturated heterocycles. The number of nitrogens with zero attached hydrogens (tertiary/aromatic N) is 1. The molecule has 7 nitrogen and oxygen atoms in total. The second-order valence-corrected chi connectivity index (χ2v) is 6.60. The number of allylic oxidation sites excluding steroid dienone is 1. The van der Waals surface area contributed by atoms with Crippen LogP contribution >= 0.6 is 8.60 Å². The van der Waals surface area contributed by atoms with Gasteiger partial charge < -0.3 is 23.6 Å². The SMILES string of the molecule is C=C1NC(=O)N(C2CC3OP(OC(C)C)OCC3O2)C=C1F. The van der Waals surface area contributed by atoms with Crippen molar-refractivity contribution in [2.75, 3.05) is 6.61 Å². The summed E-state index contributed by atoms with van der Waals surface area (Å²) >= 11 is 0. The maximum atomic E-state index is 13.6. The summed E-state index contributed by atoms with van der Waals surface area (Å²) in [6.07, 6.45) is 0.380. The molecular weight excluding hydrogens is 314 g/mol. The topological polar surface area (TPSA) is 69.3 Å². The van der Waals surface area contributed by atoms with Crippen LogP contribution in [0, 0.1) is 0 Å². The van der Waals surface area contributed by atoms with Crippen molar-refractivity contribution < 1.29 is 27.5 Å². The second-order valence-electron chi connectivity index (χ2n) is 5.48. The van der Waals surface area contributed by atoms with Gasteiger partial charge in [0, 0.05) is 12.6 Å². The van der Waals surface area contributed by atoms with E-state index in [0.717, 1.165) is 6.20 Å². The van der Waals surface area contributed by atoms with Gasteiger partial charge in [-0.05, 0) is 13.8 Å². The molecule has 9 heteroatoms. The van der Waals surface area contributed by atoms with Crippen molar-refractivity contribution >= 4 is 14.6 Å². The minimum absolute atomic E-state index is 0.00306. The van der Waals surface area contributed by atoms with Crippen molar-refractivity contribution in [3.8, 4) is 0 Å². The van der Waals surface area contributed by atoms with Crippen molar-refractivity contribution in [1.29, 1.82) is 0 Å². The fourth-order valence-corrected chi connectivity index (χ4v) is 3.59. The molecule has 0 aromatic heterocycles. The van der Waals surface area contributed by atoms with Gasteiger partial charge in [0.05, 0.1) is 24.5 Å². The summed E-state index contributed by atoms with van der Waals surface area (Å²) in [5, 5.41) is 2.35. The third-order valence-corrected chi connectivity index (χ3v) is 4.78. The molecule has 3 aliphatic rings. The van der Waals surface area contributed by atoms with Crippen LogP contribution in [0.25, 0.3) is 0 Å². The quantitative estimate of drug-likeness (QED) is 0.804. The van der Waals surface area contributed by atoms with Gasteiger partial charge in [0.25, 0.3) is 0 Å². The van der Waals surface area contributed by atoms with E-state index in [2.05, 4.69) is 11.9 Å². The summed E-state index contributed by atoms with van der Waals surface area (Å²) in [5.74, 6) is -0.597. The number of carbonyl (C=O) groups excluding carboxylic acids is 1. The summed E-state index contributed by atoms with van der Waals surface area (Å²) in [5.41, 5.74) is -0.0508. The number of ether oxygens (including phenoxy) is 1. The zero-order chi connectivity index (χ0) is 15.9. The van der Waals surface area contributed by atoms with Crippen molar-refractivity contribution in [1.82, 2.24) is 10.2 Å². The summed E-state index contributed by atoms with van der Waals surface area (Å²) in [6.45, 7) is 7.54. The maximum Gasteiger partial charge on any atom is 0.333 e. The zero-order valence-corrected chi connectivity index (χ0v) is 13.2. The molecule has 2 fully saturated rings. The van der Waals surface area contributed by atoms with E-state index in [0.29, 0.717) is 13.0 Å². The van der Waals surface area contributed by atoms with Crippen LogP contribution in [0.4, 0.5) is 9.18 Å². The van der Waals surface area contributed by atoms with Crippen molar-refractivity contribution in [2.24, 2.45) is 0 Å². The number of nitrogens with one attached hydrogen (secondary N) is 1. The monoisotopic (exact) mass is 332 g/mol. The number of rotatable bonds is 3. The number of amides is 2. The standard InChI is InChI=1S/C13H18FN2O5P/c1-7(2)20-22-18-6-11-10(21-22)4-12(19-11)16-5-9(14)8(3)15-13(16)17/h5,7,10-12H,3-4,6H2,1-2H3,(H,15,17). The van der Waals surface area contributed by atoms with Crippen molar-refractivity contribution in [2.45, 2.75) is 44.8 Å². The first-order chi connectivity index (χ1) is 10.4. The number of urea groups is 1. The van der Waals surface area contributed by atoms with Gasteiger partial charge in [0.15, 0.2) is 5.83 Å². The first-order valence-corrected chi connectivity index (χ1v) is 8.11. The van der Waals surface area contributed by atoms with Crippen molar-refractivity contribution in [3.63, 3.8) is 0 Å². The molecule has 3 rings (SSSR count). The molecule has 122 valence electrons. The summed E-state index contributed by atoms with van der Waals surface area (Å²) in [6, 6.07) is -0.475. The van der Waals surface area contributed by atoms with Crippen LogP contribution in [0.5, 0.6) is 0 Å². The Hall–Kier alpha value is -1.05. The highest BCUT2D eigenvalue weighted by Crippen LogP contribution is 2.49. The first kappa shape index (κ1) is 15.8. The Kier molecular flexibility index (Phi) is 4.47. The molecule has 0 radical (unpaired) electrons. The molecule has 22 heavy (non-hydrogen) atoms. The van der Waals surface area contributed by atoms with E-state index in [1.807, 2.05) is 13.8 Å². The third-order valence-electron chi connectivity index (χ3n) is 3.39. The Bertz CT molecular complexity index is 515. The Labute approximate surface area is 129 Å². The minimum Gasteiger partial charge on any atom is -0.349 e. The lowest BCUT2D eigenvalue weighted by molar-refractivity contribution is -0.0695. The average molecular weight is 332 g/mol. The van der Waals surface area contributed by atoms with Gasteiger partial charge >= 0.3 is 14.6 Å². The molecule has 4 unspecified atom stereocenters. The molecule has 0 aliphatic carbocycles. The fraction of sp³-hybridized carbons (Fsp3) is 0.615. The number of fused-ring (bicyclic) bond motifs is 1. The molecule has 0 spiro atoms. The van der Waals surface area contributed by atoms with E-state index in [4.69, 9.17) is 18.3 Å². The lowest BCUT2D eigenvalue weighted by atomic mass is 10.2. The lowest BCUT2D eigenvalue weighted by Crippen LogP contribution is -2.45. The maximum absolute atomic E-state index is 13.6. The van der Waals surface area contributed by atoms with Gasteiger partial charge in [-0.25, -0.2) is 9.18 Å². The molecule has 0 bridgehead atoms. The molecule has 1 N–H and O–H groups in total. The van der Waals surface area contributed by atoms with Crippen molar-refractivity contribution in [3.05, 3.63) is 24.3 Å². The Morgan fingerprint density at radius 2 is 2.32 bits per heavy atom. The molecule has 3 aliphatic heterocycles. The molecule has 0 aromatic rings. The molecule has 0 saturated carbocycles. The van der Waals surface area contributed by atoms with E-state index in [9.17, 15) is 9.18 Å². The van der Waals surface area contributed by atoms with E-state index in [-0.39, 0.29) is 24.0 Å². The smallest absolute Gasteiger partial charge is 0.333 e. The van der Waals surface area contributed by atoms with E-state index in [1.165, 1.54) is 4.90 Å². The average Bonchev–Trinajstić information content (AvgIpc) is 2.85. The van der Waals surface area contributed by atoms with E-state index < -0.39 is 26.7 Å². The molecule has 0 aromatic carbocycles. The lowest BCUT2D eigenvalue weighted by Gasteiger charge is -2.30. The normalized spacial score (nSPS) is 35.5. The first-order valence-electron chi connectivity index (χ1n) is 7.02. The molecule has 2 amide bonds. The molecule has 4 atom stereocenters. The number of hydrogen-bond donors (Lipinski definition) is 1. The van der Waals surface area contributed by atoms with Crippen LogP contribution in [-0.4, -0.2) is 42.1 Å². The Balaban J connectivity index is 1.65. The van der Waals surface area contributed by atoms with Crippen LogP contribution in [-0.2, 0) is 18.3 Å². The fourth-order valence-electron chi connectivity index (χ4n) is 2.36. The number of halogens is 1. The summed E-state index contributed by atoms with van der Waals surface area (Å²) in [7, 11) is -1.41. The Morgan fingerprint density at radius 1 is 1.55 bits per heavy atom. The Morgan fingerprint density at radius 3 is 3.05 bits per heavy atom. The zero-order valence-electron chi connectivity index (χ0n) is 12.3. The van der Waals surface area contributed by atoms with Gasteiger partial charge in [-0.15, -0.1) is 0 Å². The molecular formula is C13H18FN2O5P.